The zero-order valence-corrected chi connectivity index (χ0v) is 15.2. The summed E-state index contributed by atoms with van der Waals surface area (Å²) >= 11 is 1.63. The van der Waals surface area contributed by atoms with Gasteiger partial charge < -0.3 is 15.0 Å². The fourth-order valence-corrected chi connectivity index (χ4v) is 2.66. The average molecular weight is 384 g/mol. The molecule has 0 aromatic heterocycles. The van der Waals surface area contributed by atoms with Gasteiger partial charge in [0.15, 0.2) is 0 Å². The van der Waals surface area contributed by atoms with Gasteiger partial charge in [-0.05, 0) is 30.0 Å². The molecule has 140 valence electrons. The Morgan fingerprint density at radius 1 is 1.15 bits per heavy atom. The van der Waals surface area contributed by atoms with Gasteiger partial charge in [0.25, 0.3) is 0 Å². The Kier molecular flexibility index (Phi) is 6.79. The molecule has 0 saturated heterocycles. The minimum Gasteiger partial charge on any atom is -0.405 e. The number of carbonyl (C=O) groups excluding carboxylic acids is 1. The lowest BCUT2D eigenvalue weighted by atomic mass is 10.2. The van der Waals surface area contributed by atoms with E-state index in [0.29, 0.717) is 6.54 Å². The molecular formula is C18H19F3N2O2S. The Morgan fingerprint density at radius 3 is 2.42 bits per heavy atom. The van der Waals surface area contributed by atoms with Crippen molar-refractivity contribution >= 4 is 17.8 Å². The Hall–Kier alpha value is -2.35. The van der Waals surface area contributed by atoms with Gasteiger partial charge in [0.05, 0.1) is 0 Å². The van der Waals surface area contributed by atoms with Crippen molar-refractivity contribution in [2.75, 3.05) is 13.3 Å². The van der Waals surface area contributed by atoms with Crippen molar-refractivity contribution in [3.63, 3.8) is 0 Å². The van der Waals surface area contributed by atoms with Crippen molar-refractivity contribution in [2.45, 2.75) is 24.3 Å². The zero-order chi connectivity index (χ0) is 19.2. The Labute approximate surface area is 154 Å². The third-order valence-electron chi connectivity index (χ3n) is 3.55. The van der Waals surface area contributed by atoms with Crippen LogP contribution in [0, 0.1) is 0 Å². The van der Waals surface area contributed by atoms with Crippen LogP contribution in [0.2, 0.25) is 0 Å². The first kappa shape index (κ1) is 20.0. The molecule has 0 unspecified atom stereocenters. The number of nitrogens with zero attached hydrogens (tertiary/aromatic N) is 1. The molecule has 4 nitrogen and oxygen atoms in total. The van der Waals surface area contributed by atoms with Crippen molar-refractivity contribution in [3.05, 3.63) is 59.7 Å². The molecule has 0 heterocycles. The maximum absolute atomic E-state index is 12.4. The van der Waals surface area contributed by atoms with E-state index in [1.165, 1.54) is 23.1 Å². The number of halogens is 3. The molecule has 0 aliphatic heterocycles. The standard InChI is InChI=1S/C18H19F3N2O2S/c1-23(12-13-7-9-15(26-2)10-8-13)17(24)22-11-14-5-3-4-6-16(14)25-18(19,20)21/h3-10H,11-12H2,1-2H3,(H,22,24). The number of ether oxygens (including phenoxy) is 1. The topological polar surface area (TPSA) is 41.6 Å². The number of nitrogens with one attached hydrogen (secondary N) is 1. The van der Waals surface area contributed by atoms with Crippen LogP contribution in [-0.4, -0.2) is 30.6 Å². The maximum Gasteiger partial charge on any atom is 0.573 e. The second-order valence-corrected chi connectivity index (χ2v) is 6.40. The molecular weight excluding hydrogens is 365 g/mol. The van der Waals surface area contributed by atoms with Gasteiger partial charge in [0.1, 0.15) is 5.75 Å². The van der Waals surface area contributed by atoms with Crippen LogP contribution in [0.1, 0.15) is 11.1 Å². The summed E-state index contributed by atoms with van der Waals surface area (Å²) in [6.07, 6.45) is -2.80. The van der Waals surface area contributed by atoms with Gasteiger partial charge in [0, 0.05) is 30.6 Å². The lowest BCUT2D eigenvalue weighted by Gasteiger charge is -2.19. The molecule has 2 amide bonds. The second kappa shape index (κ2) is 8.84. The molecule has 0 spiro atoms. The predicted molar refractivity (Wildman–Crippen MR) is 95.1 cm³/mol. The average Bonchev–Trinajstić information content (AvgIpc) is 2.60. The largest absolute Gasteiger partial charge is 0.573 e. The first-order valence-electron chi connectivity index (χ1n) is 7.74. The summed E-state index contributed by atoms with van der Waals surface area (Å²) in [6.45, 7) is 0.321. The van der Waals surface area contributed by atoms with Crippen LogP contribution >= 0.6 is 11.8 Å². The van der Waals surface area contributed by atoms with Crippen molar-refractivity contribution < 1.29 is 22.7 Å². The van der Waals surface area contributed by atoms with E-state index in [4.69, 9.17) is 0 Å². The highest BCUT2D eigenvalue weighted by atomic mass is 32.2. The molecule has 26 heavy (non-hydrogen) atoms. The van der Waals surface area contributed by atoms with Crippen molar-refractivity contribution in [2.24, 2.45) is 0 Å². The quantitative estimate of drug-likeness (QED) is 0.737. The summed E-state index contributed by atoms with van der Waals surface area (Å²) in [5.74, 6) is -0.324. The molecule has 0 radical (unpaired) electrons. The highest BCUT2D eigenvalue weighted by Crippen LogP contribution is 2.26. The minimum atomic E-state index is -4.78. The SMILES string of the molecule is CSc1ccc(CN(C)C(=O)NCc2ccccc2OC(F)(F)F)cc1. The van der Waals surface area contributed by atoms with Gasteiger partial charge in [0.2, 0.25) is 0 Å². The molecule has 0 fully saturated rings. The van der Waals surface area contributed by atoms with Crippen LogP contribution in [-0.2, 0) is 13.1 Å². The van der Waals surface area contributed by atoms with Crippen LogP contribution in [0.4, 0.5) is 18.0 Å². The summed E-state index contributed by atoms with van der Waals surface area (Å²) in [4.78, 5) is 14.8. The lowest BCUT2D eigenvalue weighted by Crippen LogP contribution is -2.36. The van der Waals surface area contributed by atoms with Crippen LogP contribution in [0.25, 0.3) is 0 Å². The van der Waals surface area contributed by atoms with Gasteiger partial charge in [-0.15, -0.1) is 24.9 Å². The maximum atomic E-state index is 12.4. The highest BCUT2D eigenvalue weighted by molar-refractivity contribution is 7.98. The van der Waals surface area contributed by atoms with Gasteiger partial charge in [-0.25, -0.2) is 4.79 Å². The molecule has 1 N–H and O–H groups in total. The lowest BCUT2D eigenvalue weighted by molar-refractivity contribution is -0.274. The molecule has 0 aliphatic rings. The Morgan fingerprint density at radius 2 is 1.81 bits per heavy atom. The van der Waals surface area contributed by atoms with Crippen molar-refractivity contribution in [1.29, 1.82) is 0 Å². The molecule has 8 heteroatoms. The van der Waals surface area contributed by atoms with E-state index in [9.17, 15) is 18.0 Å². The smallest absolute Gasteiger partial charge is 0.405 e. The summed E-state index contributed by atoms with van der Waals surface area (Å²) in [5.41, 5.74) is 1.21. The van der Waals surface area contributed by atoms with Gasteiger partial charge >= 0.3 is 12.4 Å². The normalized spacial score (nSPS) is 11.1. The van der Waals surface area contributed by atoms with E-state index in [0.717, 1.165) is 10.5 Å². The van der Waals surface area contributed by atoms with E-state index in [1.807, 2.05) is 30.5 Å². The van der Waals surface area contributed by atoms with Gasteiger partial charge in [-0.2, -0.15) is 0 Å². The van der Waals surface area contributed by atoms with Crippen molar-refractivity contribution in [1.82, 2.24) is 10.2 Å². The summed E-state index contributed by atoms with van der Waals surface area (Å²) in [7, 11) is 1.62. The third-order valence-corrected chi connectivity index (χ3v) is 4.30. The number of thioether (sulfide) groups is 1. The van der Waals surface area contributed by atoms with Crippen LogP contribution < -0.4 is 10.1 Å². The molecule has 0 aliphatic carbocycles. The number of urea groups is 1. The predicted octanol–water partition coefficient (Wildman–Crippen LogP) is 4.65. The van der Waals surface area contributed by atoms with E-state index in [1.54, 1.807) is 24.9 Å². The zero-order valence-electron chi connectivity index (χ0n) is 14.3. The molecule has 2 aromatic rings. The number of rotatable bonds is 6. The number of amides is 2. The summed E-state index contributed by atoms with van der Waals surface area (Å²) in [6, 6.07) is 13.1. The number of hydrogen-bond acceptors (Lipinski definition) is 3. The number of benzene rings is 2. The van der Waals surface area contributed by atoms with Crippen LogP contribution in [0.15, 0.2) is 53.4 Å². The Bertz CT molecular complexity index is 736. The van der Waals surface area contributed by atoms with E-state index >= 15 is 0 Å². The second-order valence-electron chi connectivity index (χ2n) is 5.52. The number of hydrogen-bond donors (Lipinski definition) is 1. The minimum absolute atomic E-state index is 0.0686. The molecule has 0 saturated carbocycles. The fraction of sp³-hybridized carbons (Fsp3) is 0.278. The van der Waals surface area contributed by atoms with Gasteiger partial charge in [-0.1, -0.05) is 30.3 Å². The molecule has 0 bridgehead atoms. The number of alkyl halides is 3. The van der Waals surface area contributed by atoms with Gasteiger partial charge in [-0.3, -0.25) is 0 Å². The molecule has 2 rings (SSSR count). The van der Waals surface area contributed by atoms with Crippen molar-refractivity contribution in [3.8, 4) is 5.75 Å². The first-order valence-corrected chi connectivity index (χ1v) is 8.96. The number of para-hydroxylation sites is 1. The van der Waals surface area contributed by atoms with Crippen LogP contribution in [0.3, 0.4) is 0 Å². The fourth-order valence-electron chi connectivity index (χ4n) is 2.26. The third kappa shape index (κ3) is 6.18. The summed E-state index contributed by atoms with van der Waals surface area (Å²) in [5, 5.41) is 2.60. The monoisotopic (exact) mass is 384 g/mol. The van der Waals surface area contributed by atoms with Crippen LogP contribution in [0.5, 0.6) is 5.75 Å². The van der Waals surface area contributed by atoms with E-state index in [-0.39, 0.29) is 23.9 Å². The van der Waals surface area contributed by atoms with E-state index < -0.39 is 6.36 Å². The Balaban J connectivity index is 1.93. The molecule has 0 atom stereocenters. The first-order chi connectivity index (χ1) is 12.3. The number of carbonyl (C=O) groups is 1. The molecule has 2 aromatic carbocycles. The highest BCUT2D eigenvalue weighted by Gasteiger charge is 2.32. The summed E-state index contributed by atoms with van der Waals surface area (Å²) < 4.78 is 41.3. The van der Waals surface area contributed by atoms with E-state index in [2.05, 4.69) is 10.1 Å².